The summed E-state index contributed by atoms with van der Waals surface area (Å²) in [6, 6.07) is 7.50. The molecule has 30 heavy (non-hydrogen) atoms. The predicted octanol–water partition coefficient (Wildman–Crippen LogP) is 4.78. The number of nitrogens with one attached hydrogen (secondary N) is 1. The molecule has 2 aromatic heterocycles. The normalized spacial score (nSPS) is 11.6. The fraction of sp³-hybridized carbons (Fsp3) is 0. The van der Waals surface area contributed by atoms with E-state index < -0.39 is 11.6 Å². The molecule has 2 heterocycles. The number of anilines is 3. The molecule has 3 aromatic rings. The largest absolute Gasteiger partial charge is 0.405 e. The topological polar surface area (TPSA) is 103 Å². The summed E-state index contributed by atoms with van der Waals surface area (Å²) in [5, 5.41) is 2.87. The number of pyridine rings is 1. The van der Waals surface area contributed by atoms with Crippen LogP contribution in [0.2, 0.25) is 0 Å². The molecule has 9 heteroatoms. The lowest BCUT2D eigenvalue weighted by Gasteiger charge is -2.11. The van der Waals surface area contributed by atoms with Crippen molar-refractivity contribution in [1.29, 1.82) is 0 Å². The highest BCUT2D eigenvalue weighted by molar-refractivity contribution is 8.03. The second kappa shape index (κ2) is 9.66. The fourth-order valence-corrected chi connectivity index (χ4v) is 3.39. The van der Waals surface area contributed by atoms with Gasteiger partial charge in [0.05, 0.1) is 10.6 Å². The minimum atomic E-state index is -0.737. The maximum Gasteiger partial charge on any atom is 0.222 e. The van der Waals surface area contributed by atoms with E-state index in [1.54, 1.807) is 36.7 Å². The quantitative estimate of drug-likeness (QED) is 0.371. The first-order valence-corrected chi connectivity index (χ1v) is 9.51. The van der Waals surface area contributed by atoms with Gasteiger partial charge in [-0.15, -0.1) is 0 Å². The molecule has 5 N–H and O–H groups in total. The van der Waals surface area contributed by atoms with Crippen molar-refractivity contribution >= 4 is 29.2 Å². The van der Waals surface area contributed by atoms with Crippen LogP contribution in [0.4, 0.5) is 26.2 Å². The van der Waals surface area contributed by atoms with E-state index in [-0.39, 0.29) is 16.5 Å². The molecule has 1 aromatic carbocycles. The first kappa shape index (κ1) is 21.0. The molecule has 0 saturated heterocycles. The zero-order valence-corrected chi connectivity index (χ0v) is 16.5. The number of thioether (sulfide) groups is 1. The number of halogens is 2. The molecule has 0 aliphatic heterocycles. The summed E-state index contributed by atoms with van der Waals surface area (Å²) in [6.07, 6.45) is 9.17. The minimum Gasteiger partial charge on any atom is -0.405 e. The van der Waals surface area contributed by atoms with Crippen molar-refractivity contribution in [2.45, 2.75) is 4.90 Å². The van der Waals surface area contributed by atoms with E-state index in [1.165, 1.54) is 30.5 Å². The van der Waals surface area contributed by atoms with Gasteiger partial charge in [0.1, 0.15) is 17.5 Å². The van der Waals surface area contributed by atoms with Gasteiger partial charge in [0.25, 0.3) is 0 Å². The van der Waals surface area contributed by atoms with Gasteiger partial charge in [0, 0.05) is 34.6 Å². The summed E-state index contributed by atoms with van der Waals surface area (Å²) in [6.45, 7) is 3.58. The molecule has 0 radical (unpaired) electrons. The summed E-state index contributed by atoms with van der Waals surface area (Å²) < 4.78 is 29.2. The highest BCUT2D eigenvalue weighted by Crippen LogP contribution is 2.34. The van der Waals surface area contributed by atoms with Crippen LogP contribution in [0.15, 0.2) is 83.5 Å². The molecule has 0 atom stereocenters. The Morgan fingerprint density at radius 2 is 1.80 bits per heavy atom. The van der Waals surface area contributed by atoms with E-state index in [4.69, 9.17) is 11.5 Å². The van der Waals surface area contributed by atoms with E-state index in [9.17, 15) is 8.78 Å². The number of benzene rings is 1. The Morgan fingerprint density at radius 3 is 2.43 bits per heavy atom. The number of nitrogens with two attached hydrogens (primary N) is 2. The lowest BCUT2D eigenvalue weighted by Crippen LogP contribution is -2.02. The Hall–Kier alpha value is -3.72. The van der Waals surface area contributed by atoms with Crippen LogP contribution in [0, 0.1) is 11.6 Å². The van der Waals surface area contributed by atoms with Crippen molar-refractivity contribution in [1.82, 2.24) is 15.0 Å². The van der Waals surface area contributed by atoms with Crippen LogP contribution in [-0.2, 0) is 0 Å². The Balaban J connectivity index is 1.89. The summed E-state index contributed by atoms with van der Waals surface area (Å²) in [5.41, 5.74) is 12.7. The molecule has 0 spiro atoms. The monoisotopic (exact) mass is 424 g/mol. The first-order valence-electron chi connectivity index (χ1n) is 8.70. The molecule has 0 fully saturated rings. The Kier molecular flexibility index (Phi) is 6.76. The van der Waals surface area contributed by atoms with E-state index in [0.717, 1.165) is 17.3 Å². The van der Waals surface area contributed by atoms with Gasteiger partial charge in [-0.25, -0.2) is 13.8 Å². The molecule has 0 aliphatic rings. The number of allylic oxidation sites excluding steroid dienone is 3. The highest BCUT2D eigenvalue weighted by atomic mass is 32.2. The van der Waals surface area contributed by atoms with Gasteiger partial charge in [-0.1, -0.05) is 24.4 Å². The zero-order valence-electron chi connectivity index (χ0n) is 15.7. The highest BCUT2D eigenvalue weighted by Gasteiger charge is 2.14. The summed E-state index contributed by atoms with van der Waals surface area (Å²) in [4.78, 5) is 12.6. The number of nitrogen functional groups attached to an aromatic ring is 1. The summed E-state index contributed by atoms with van der Waals surface area (Å²) in [5.74, 6) is -1.15. The third-order valence-corrected chi connectivity index (χ3v) is 4.85. The number of hydrogen-bond acceptors (Lipinski definition) is 7. The maximum absolute atomic E-state index is 14.6. The Morgan fingerprint density at radius 1 is 1.10 bits per heavy atom. The van der Waals surface area contributed by atoms with Crippen LogP contribution in [0.1, 0.15) is 0 Å². The van der Waals surface area contributed by atoms with Gasteiger partial charge in [0.2, 0.25) is 5.95 Å². The predicted molar refractivity (Wildman–Crippen MR) is 117 cm³/mol. The van der Waals surface area contributed by atoms with Crippen molar-refractivity contribution in [3.63, 3.8) is 0 Å². The minimum absolute atomic E-state index is 0.0210. The van der Waals surface area contributed by atoms with Crippen LogP contribution in [0.3, 0.4) is 0 Å². The number of hydrogen-bond donors (Lipinski definition) is 3. The third-order valence-electron chi connectivity index (χ3n) is 3.75. The molecule has 0 saturated carbocycles. The van der Waals surface area contributed by atoms with Crippen LogP contribution >= 0.6 is 11.8 Å². The van der Waals surface area contributed by atoms with Crippen molar-refractivity contribution < 1.29 is 8.78 Å². The van der Waals surface area contributed by atoms with Crippen LogP contribution in [-0.4, -0.2) is 15.0 Å². The summed E-state index contributed by atoms with van der Waals surface area (Å²) >= 11 is 0.902. The Bertz CT molecular complexity index is 1090. The lowest BCUT2D eigenvalue weighted by atomic mass is 10.2. The number of nitrogens with zero attached hydrogens (tertiary/aromatic N) is 3. The molecular weight excluding hydrogens is 406 g/mol. The van der Waals surface area contributed by atoms with Gasteiger partial charge < -0.3 is 16.8 Å². The number of rotatable bonds is 7. The van der Waals surface area contributed by atoms with E-state index in [0.29, 0.717) is 16.4 Å². The van der Waals surface area contributed by atoms with Gasteiger partial charge in [-0.05, 0) is 42.6 Å². The molecule has 0 unspecified atom stereocenters. The fourth-order valence-electron chi connectivity index (χ4n) is 2.53. The third kappa shape index (κ3) is 5.21. The smallest absolute Gasteiger partial charge is 0.222 e. The van der Waals surface area contributed by atoms with Crippen molar-refractivity contribution in [2.75, 3.05) is 11.1 Å². The second-order valence-electron chi connectivity index (χ2n) is 5.89. The van der Waals surface area contributed by atoms with E-state index in [1.807, 2.05) is 0 Å². The summed E-state index contributed by atoms with van der Waals surface area (Å²) in [7, 11) is 0. The van der Waals surface area contributed by atoms with Gasteiger partial charge in [0.15, 0.2) is 0 Å². The molecular formula is C21H18F2N6S. The van der Waals surface area contributed by atoms with Gasteiger partial charge in [-0.2, -0.15) is 4.98 Å². The Labute approximate surface area is 176 Å². The van der Waals surface area contributed by atoms with E-state index in [2.05, 4.69) is 26.8 Å². The van der Waals surface area contributed by atoms with Crippen LogP contribution in [0.5, 0.6) is 0 Å². The second-order valence-corrected chi connectivity index (χ2v) is 6.98. The average molecular weight is 424 g/mol. The van der Waals surface area contributed by atoms with Crippen LogP contribution < -0.4 is 16.8 Å². The van der Waals surface area contributed by atoms with Crippen molar-refractivity contribution in [3.8, 4) is 11.3 Å². The molecule has 6 nitrogen and oxygen atoms in total. The molecule has 152 valence electrons. The first-order chi connectivity index (χ1) is 14.5. The standard InChI is InChI=1S/C21H18F2N6S/c1-2-3-15(4-7-24)30-20-16(22)10-14(11-17(20)23)27-19-12-18(28-21(25)29-19)13-5-8-26-9-6-13/h2-12H,1,24H2,(H3,25,27,28,29)/b7-4-,15-3+. The molecule has 0 amide bonds. The molecule has 0 bridgehead atoms. The van der Waals surface area contributed by atoms with E-state index >= 15 is 0 Å². The lowest BCUT2D eigenvalue weighted by molar-refractivity contribution is 0.542. The molecule has 0 aliphatic carbocycles. The zero-order chi connectivity index (χ0) is 21.5. The number of aromatic nitrogens is 3. The van der Waals surface area contributed by atoms with Crippen LogP contribution in [0.25, 0.3) is 11.3 Å². The van der Waals surface area contributed by atoms with Crippen molar-refractivity contribution in [3.05, 3.63) is 90.3 Å². The maximum atomic E-state index is 14.6. The van der Waals surface area contributed by atoms with Gasteiger partial charge >= 0.3 is 0 Å². The van der Waals surface area contributed by atoms with Crippen molar-refractivity contribution in [2.24, 2.45) is 5.73 Å². The average Bonchev–Trinajstić information content (AvgIpc) is 2.71. The molecule has 3 rings (SSSR count). The SMILES string of the molecule is C=C/C=C(\C=C/N)Sc1c(F)cc(Nc2cc(-c3ccncc3)nc(N)n2)cc1F. The van der Waals surface area contributed by atoms with Gasteiger partial charge in [-0.3, -0.25) is 4.98 Å².